The highest BCUT2D eigenvalue weighted by atomic mass is 35.5. The number of carbonyl (C=O) groups excluding carboxylic acids is 1. The first-order chi connectivity index (χ1) is 8.99. The van der Waals surface area contributed by atoms with Crippen molar-refractivity contribution in [1.82, 2.24) is 5.32 Å². The number of nitro benzene ring substituents is 1. The van der Waals surface area contributed by atoms with Gasteiger partial charge in [-0.3, -0.25) is 14.9 Å². The van der Waals surface area contributed by atoms with Crippen molar-refractivity contribution in [3.63, 3.8) is 0 Å². The molecule has 1 saturated heterocycles. The largest absolute Gasteiger partial charge is 0.324 e. The van der Waals surface area contributed by atoms with Gasteiger partial charge in [-0.1, -0.05) is 11.6 Å². The number of nitrogens with zero attached hydrogens (tertiary/aromatic N) is 1. The number of hydrogen-bond donors (Lipinski definition) is 2. The molecule has 1 heterocycles. The molecule has 102 valence electrons. The third-order valence-corrected chi connectivity index (χ3v) is 3.43. The molecule has 1 aliphatic heterocycles. The van der Waals surface area contributed by atoms with Crippen LogP contribution in [0.4, 0.5) is 11.4 Å². The molecule has 0 bridgehead atoms. The minimum absolute atomic E-state index is 0.0188. The van der Waals surface area contributed by atoms with Gasteiger partial charge in [0.2, 0.25) is 5.91 Å². The van der Waals surface area contributed by atoms with Crippen LogP contribution in [0, 0.1) is 17.0 Å². The van der Waals surface area contributed by atoms with Gasteiger partial charge in [-0.05, 0) is 37.9 Å². The van der Waals surface area contributed by atoms with E-state index in [0.717, 1.165) is 19.4 Å². The number of benzene rings is 1. The number of aryl methyl sites for hydroxylation is 1. The van der Waals surface area contributed by atoms with Crippen LogP contribution >= 0.6 is 11.6 Å². The maximum absolute atomic E-state index is 11.9. The van der Waals surface area contributed by atoms with Crippen molar-refractivity contribution < 1.29 is 9.72 Å². The molecule has 0 saturated carbocycles. The predicted octanol–water partition coefficient (Wildman–Crippen LogP) is 2.25. The zero-order valence-electron chi connectivity index (χ0n) is 10.4. The molecular weight excluding hydrogens is 270 g/mol. The van der Waals surface area contributed by atoms with E-state index in [9.17, 15) is 14.9 Å². The molecule has 0 aromatic heterocycles. The minimum atomic E-state index is -0.542. The Hall–Kier alpha value is -1.66. The fraction of sp³-hybridized carbons (Fsp3) is 0.417. The Kier molecular flexibility index (Phi) is 4.01. The first-order valence-electron chi connectivity index (χ1n) is 5.98. The second-order valence-electron chi connectivity index (χ2n) is 4.51. The molecule has 0 aliphatic carbocycles. The van der Waals surface area contributed by atoms with Gasteiger partial charge < -0.3 is 10.6 Å². The highest BCUT2D eigenvalue weighted by molar-refractivity contribution is 6.33. The SMILES string of the molecule is Cc1cc([N+](=O)[O-])c(Cl)cc1NC(=O)C1CCCN1. The topological polar surface area (TPSA) is 84.3 Å². The number of carbonyl (C=O) groups is 1. The molecule has 2 rings (SSSR count). The summed E-state index contributed by atoms with van der Waals surface area (Å²) in [6.45, 7) is 2.53. The monoisotopic (exact) mass is 283 g/mol. The van der Waals surface area contributed by atoms with Crippen LogP contribution in [-0.4, -0.2) is 23.4 Å². The van der Waals surface area contributed by atoms with Crippen LogP contribution in [-0.2, 0) is 4.79 Å². The average molecular weight is 284 g/mol. The third kappa shape index (κ3) is 3.02. The molecule has 19 heavy (non-hydrogen) atoms. The van der Waals surface area contributed by atoms with Crippen molar-refractivity contribution >= 4 is 28.9 Å². The summed E-state index contributed by atoms with van der Waals surface area (Å²) in [7, 11) is 0. The highest BCUT2D eigenvalue weighted by Crippen LogP contribution is 2.30. The summed E-state index contributed by atoms with van der Waals surface area (Å²) >= 11 is 5.83. The zero-order valence-corrected chi connectivity index (χ0v) is 11.2. The summed E-state index contributed by atoms with van der Waals surface area (Å²) < 4.78 is 0. The van der Waals surface area contributed by atoms with E-state index in [4.69, 9.17) is 11.6 Å². The normalized spacial score (nSPS) is 18.3. The number of amides is 1. The lowest BCUT2D eigenvalue weighted by Gasteiger charge is -2.13. The highest BCUT2D eigenvalue weighted by Gasteiger charge is 2.23. The third-order valence-electron chi connectivity index (χ3n) is 3.13. The molecular formula is C12H14ClN3O3. The fourth-order valence-corrected chi connectivity index (χ4v) is 2.30. The van der Waals surface area contributed by atoms with Crippen molar-refractivity contribution in [3.05, 3.63) is 32.8 Å². The summed E-state index contributed by atoms with van der Waals surface area (Å²) in [6, 6.07) is 2.58. The molecule has 1 fully saturated rings. The molecule has 1 atom stereocenters. The summed E-state index contributed by atoms with van der Waals surface area (Å²) in [5.74, 6) is -0.134. The Morgan fingerprint density at radius 3 is 2.89 bits per heavy atom. The van der Waals surface area contributed by atoms with Crippen molar-refractivity contribution in [3.8, 4) is 0 Å². The van der Waals surface area contributed by atoms with E-state index >= 15 is 0 Å². The number of anilines is 1. The van der Waals surface area contributed by atoms with Crippen molar-refractivity contribution in [2.75, 3.05) is 11.9 Å². The van der Waals surface area contributed by atoms with Crippen molar-refractivity contribution in [2.45, 2.75) is 25.8 Å². The zero-order chi connectivity index (χ0) is 14.0. The van der Waals surface area contributed by atoms with Gasteiger partial charge in [0.05, 0.1) is 11.0 Å². The Bertz CT molecular complexity index is 527. The van der Waals surface area contributed by atoms with Gasteiger partial charge in [0.25, 0.3) is 5.69 Å². The lowest BCUT2D eigenvalue weighted by molar-refractivity contribution is -0.384. The van der Waals surface area contributed by atoms with Crippen molar-refractivity contribution in [2.24, 2.45) is 0 Å². The van der Waals surface area contributed by atoms with Gasteiger partial charge in [-0.25, -0.2) is 0 Å². The standard InChI is InChI=1S/C12H14ClN3O3/c1-7-5-11(16(18)19)8(13)6-10(7)15-12(17)9-3-2-4-14-9/h5-6,9,14H,2-4H2,1H3,(H,15,17). The Morgan fingerprint density at radius 1 is 1.58 bits per heavy atom. The van der Waals surface area contributed by atoms with Gasteiger partial charge >= 0.3 is 0 Å². The quantitative estimate of drug-likeness (QED) is 0.658. The summed E-state index contributed by atoms with van der Waals surface area (Å²) in [4.78, 5) is 22.1. The van der Waals surface area contributed by atoms with E-state index < -0.39 is 4.92 Å². The van der Waals surface area contributed by atoms with E-state index in [1.807, 2.05) is 0 Å². The van der Waals surface area contributed by atoms with Crippen molar-refractivity contribution in [1.29, 1.82) is 0 Å². The predicted molar refractivity (Wildman–Crippen MR) is 72.5 cm³/mol. The van der Waals surface area contributed by atoms with Gasteiger partial charge in [-0.15, -0.1) is 0 Å². The van der Waals surface area contributed by atoms with Gasteiger partial charge in [-0.2, -0.15) is 0 Å². The van der Waals surface area contributed by atoms with E-state index in [-0.39, 0.29) is 22.7 Å². The van der Waals surface area contributed by atoms with E-state index in [2.05, 4.69) is 10.6 Å². The van der Waals surface area contributed by atoms with Gasteiger partial charge in [0.1, 0.15) is 5.02 Å². The number of hydrogen-bond acceptors (Lipinski definition) is 4. The number of halogens is 1. The number of rotatable bonds is 3. The summed E-state index contributed by atoms with van der Waals surface area (Å²) in [5.41, 5.74) is 0.966. The number of nitrogens with one attached hydrogen (secondary N) is 2. The second-order valence-corrected chi connectivity index (χ2v) is 4.92. The van der Waals surface area contributed by atoms with E-state index in [1.54, 1.807) is 6.92 Å². The molecule has 1 amide bonds. The first-order valence-corrected chi connectivity index (χ1v) is 6.35. The lowest BCUT2D eigenvalue weighted by Crippen LogP contribution is -2.35. The fourth-order valence-electron chi connectivity index (χ4n) is 2.07. The Morgan fingerprint density at radius 2 is 2.32 bits per heavy atom. The maximum Gasteiger partial charge on any atom is 0.288 e. The van der Waals surface area contributed by atoms with Crippen LogP contribution < -0.4 is 10.6 Å². The second kappa shape index (κ2) is 5.54. The molecule has 1 aliphatic rings. The molecule has 1 unspecified atom stereocenters. The van der Waals surface area contributed by atoms with E-state index in [1.165, 1.54) is 12.1 Å². The Balaban J connectivity index is 2.18. The molecule has 0 spiro atoms. The van der Waals surface area contributed by atoms with Crippen LogP contribution in [0.2, 0.25) is 5.02 Å². The summed E-state index contributed by atoms with van der Waals surface area (Å²) in [6.07, 6.45) is 1.77. The summed E-state index contributed by atoms with van der Waals surface area (Å²) in [5, 5.41) is 16.6. The van der Waals surface area contributed by atoms with Crippen LogP contribution in [0.25, 0.3) is 0 Å². The van der Waals surface area contributed by atoms with E-state index in [0.29, 0.717) is 11.3 Å². The van der Waals surface area contributed by atoms with Gasteiger partial charge in [0.15, 0.2) is 0 Å². The molecule has 1 aromatic carbocycles. The minimum Gasteiger partial charge on any atom is -0.324 e. The Labute approximate surface area is 115 Å². The first kappa shape index (κ1) is 13.8. The number of nitro groups is 1. The van der Waals surface area contributed by atoms with Crippen LogP contribution in [0.1, 0.15) is 18.4 Å². The van der Waals surface area contributed by atoms with Crippen LogP contribution in [0.3, 0.4) is 0 Å². The smallest absolute Gasteiger partial charge is 0.288 e. The molecule has 2 N–H and O–H groups in total. The molecule has 1 aromatic rings. The van der Waals surface area contributed by atoms with Gasteiger partial charge in [0, 0.05) is 11.8 Å². The molecule has 0 radical (unpaired) electrons. The molecule has 6 nitrogen and oxygen atoms in total. The van der Waals surface area contributed by atoms with Crippen LogP contribution in [0.15, 0.2) is 12.1 Å². The maximum atomic E-state index is 11.9. The molecule has 7 heteroatoms. The lowest BCUT2D eigenvalue weighted by atomic mass is 10.1. The average Bonchev–Trinajstić information content (AvgIpc) is 2.86. The van der Waals surface area contributed by atoms with Crippen LogP contribution in [0.5, 0.6) is 0 Å².